The second-order valence-corrected chi connectivity index (χ2v) is 5.69. The summed E-state index contributed by atoms with van der Waals surface area (Å²) in [4.78, 5) is 22.8. The molecular formula is C13H25NO3. The third-order valence-electron chi connectivity index (χ3n) is 2.88. The molecule has 0 rings (SSSR count). The third-order valence-corrected chi connectivity index (χ3v) is 2.88. The van der Waals surface area contributed by atoms with Crippen LogP contribution in [0.1, 0.15) is 47.5 Å². The second-order valence-electron chi connectivity index (χ2n) is 5.69. The van der Waals surface area contributed by atoms with E-state index in [9.17, 15) is 9.59 Å². The first-order valence-electron chi connectivity index (χ1n) is 6.22. The summed E-state index contributed by atoms with van der Waals surface area (Å²) in [6, 6.07) is 0. The molecular weight excluding hydrogens is 218 g/mol. The molecule has 0 saturated heterocycles. The molecule has 0 heterocycles. The molecule has 0 aliphatic heterocycles. The molecule has 0 radical (unpaired) electrons. The van der Waals surface area contributed by atoms with Crippen LogP contribution < -0.4 is 5.32 Å². The number of carboxylic acid groups (broad SMARTS) is 1. The first kappa shape index (κ1) is 15.9. The summed E-state index contributed by atoms with van der Waals surface area (Å²) in [5, 5.41) is 11.7. The van der Waals surface area contributed by atoms with E-state index in [1.165, 1.54) is 0 Å². The summed E-state index contributed by atoms with van der Waals surface area (Å²) < 4.78 is 0. The normalized spacial score (nSPS) is 13.5. The van der Waals surface area contributed by atoms with E-state index in [1.54, 1.807) is 13.8 Å². The molecule has 0 aromatic carbocycles. The molecule has 2 N–H and O–H groups in total. The lowest BCUT2D eigenvalue weighted by atomic mass is 9.87. The van der Waals surface area contributed by atoms with E-state index in [2.05, 4.69) is 26.1 Å². The number of carbonyl (C=O) groups is 2. The number of amides is 1. The van der Waals surface area contributed by atoms with Gasteiger partial charge in [0.15, 0.2) is 0 Å². The quantitative estimate of drug-likeness (QED) is 0.674. The highest BCUT2D eigenvalue weighted by molar-refractivity contribution is 5.97. The van der Waals surface area contributed by atoms with Crippen molar-refractivity contribution in [1.29, 1.82) is 0 Å². The average molecular weight is 243 g/mol. The van der Waals surface area contributed by atoms with E-state index < -0.39 is 11.9 Å². The van der Waals surface area contributed by atoms with Crippen LogP contribution in [0.3, 0.4) is 0 Å². The maximum Gasteiger partial charge on any atom is 0.316 e. The van der Waals surface area contributed by atoms with Gasteiger partial charge in [-0.05, 0) is 17.8 Å². The van der Waals surface area contributed by atoms with Crippen molar-refractivity contribution in [3.63, 3.8) is 0 Å². The lowest BCUT2D eigenvalue weighted by Gasteiger charge is -2.25. The molecule has 17 heavy (non-hydrogen) atoms. The molecule has 1 unspecified atom stereocenters. The molecule has 0 aliphatic rings. The number of carboxylic acids is 1. The van der Waals surface area contributed by atoms with E-state index in [0.717, 1.165) is 12.8 Å². The number of rotatable bonds is 7. The minimum atomic E-state index is -1.05. The minimum absolute atomic E-state index is 0.0183. The number of hydrogen-bond donors (Lipinski definition) is 2. The largest absolute Gasteiger partial charge is 0.481 e. The Kier molecular flexibility index (Phi) is 6.21. The van der Waals surface area contributed by atoms with E-state index in [4.69, 9.17) is 5.11 Å². The lowest BCUT2D eigenvalue weighted by molar-refractivity contribution is -0.149. The van der Waals surface area contributed by atoms with Crippen molar-refractivity contribution in [3.05, 3.63) is 0 Å². The van der Waals surface area contributed by atoms with Crippen LogP contribution in [0.5, 0.6) is 0 Å². The van der Waals surface area contributed by atoms with Crippen LogP contribution in [0.25, 0.3) is 0 Å². The van der Waals surface area contributed by atoms with Gasteiger partial charge in [-0.15, -0.1) is 0 Å². The van der Waals surface area contributed by atoms with Crippen LogP contribution in [0.2, 0.25) is 0 Å². The summed E-state index contributed by atoms with van der Waals surface area (Å²) >= 11 is 0. The third kappa shape index (κ3) is 5.71. The zero-order valence-corrected chi connectivity index (χ0v) is 11.5. The predicted molar refractivity (Wildman–Crippen MR) is 67.7 cm³/mol. The van der Waals surface area contributed by atoms with E-state index in [1.807, 2.05) is 0 Å². The minimum Gasteiger partial charge on any atom is -0.481 e. The van der Waals surface area contributed by atoms with E-state index >= 15 is 0 Å². The first-order valence-corrected chi connectivity index (χ1v) is 6.22. The van der Waals surface area contributed by atoms with Crippen molar-refractivity contribution < 1.29 is 14.7 Å². The van der Waals surface area contributed by atoms with Gasteiger partial charge in [0.05, 0.1) is 0 Å². The highest BCUT2D eigenvalue weighted by Crippen LogP contribution is 2.21. The highest BCUT2D eigenvalue weighted by Gasteiger charge is 2.30. The Morgan fingerprint density at radius 2 is 1.82 bits per heavy atom. The number of carbonyl (C=O) groups excluding carboxylic acids is 1. The molecule has 0 fully saturated rings. The standard InChI is InChI=1S/C13H25NO3/c1-6-7-13(4,5)8-14-11(15)10(9(2)3)12(16)17/h9-10H,6-8H2,1-5H3,(H,14,15)(H,16,17). The molecule has 0 aromatic rings. The summed E-state index contributed by atoms with van der Waals surface area (Å²) in [5.41, 5.74) is 0.0183. The molecule has 0 aromatic heterocycles. The Morgan fingerprint density at radius 3 is 2.18 bits per heavy atom. The molecule has 1 atom stereocenters. The lowest BCUT2D eigenvalue weighted by Crippen LogP contribution is -2.42. The van der Waals surface area contributed by atoms with Crippen molar-refractivity contribution in [1.82, 2.24) is 5.32 Å². The average Bonchev–Trinajstić information content (AvgIpc) is 2.13. The molecule has 0 spiro atoms. The van der Waals surface area contributed by atoms with E-state index in [0.29, 0.717) is 6.54 Å². The fraction of sp³-hybridized carbons (Fsp3) is 0.846. The number of nitrogens with one attached hydrogen (secondary N) is 1. The maximum absolute atomic E-state index is 11.8. The second kappa shape index (κ2) is 6.62. The summed E-state index contributed by atoms with van der Waals surface area (Å²) in [6.45, 7) is 10.3. The smallest absolute Gasteiger partial charge is 0.316 e. The first-order chi connectivity index (χ1) is 7.71. The number of aliphatic carboxylic acids is 1. The summed E-state index contributed by atoms with van der Waals surface area (Å²) in [7, 11) is 0. The fourth-order valence-corrected chi connectivity index (χ4v) is 1.90. The predicted octanol–water partition coefficient (Wildman–Crippen LogP) is 2.29. The van der Waals surface area contributed by atoms with Gasteiger partial charge < -0.3 is 10.4 Å². The van der Waals surface area contributed by atoms with Gasteiger partial charge in [0.25, 0.3) is 0 Å². The SMILES string of the molecule is CCCC(C)(C)CNC(=O)C(C(=O)O)C(C)C. The molecule has 1 amide bonds. The molecule has 0 saturated carbocycles. The van der Waals surface area contributed by atoms with Gasteiger partial charge in [-0.1, -0.05) is 41.0 Å². The van der Waals surface area contributed by atoms with Crippen LogP contribution in [-0.2, 0) is 9.59 Å². The monoisotopic (exact) mass is 243 g/mol. The van der Waals surface area contributed by atoms with Crippen LogP contribution in [0, 0.1) is 17.3 Å². The molecule has 4 heteroatoms. The van der Waals surface area contributed by atoms with Gasteiger partial charge in [0, 0.05) is 6.54 Å². The zero-order chi connectivity index (χ0) is 13.6. The van der Waals surface area contributed by atoms with Crippen LogP contribution >= 0.6 is 0 Å². The van der Waals surface area contributed by atoms with Gasteiger partial charge >= 0.3 is 5.97 Å². The molecule has 0 bridgehead atoms. The Labute approximate surface area is 104 Å². The highest BCUT2D eigenvalue weighted by atomic mass is 16.4. The van der Waals surface area contributed by atoms with Crippen molar-refractivity contribution in [3.8, 4) is 0 Å². The van der Waals surface area contributed by atoms with Crippen molar-refractivity contribution in [2.75, 3.05) is 6.54 Å². The van der Waals surface area contributed by atoms with Gasteiger partial charge in [-0.25, -0.2) is 0 Å². The summed E-state index contributed by atoms with van der Waals surface area (Å²) in [5.74, 6) is -2.57. The topological polar surface area (TPSA) is 66.4 Å². The van der Waals surface area contributed by atoms with Crippen LogP contribution in [-0.4, -0.2) is 23.5 Å². The maximum atomic E-state index is 11.8. The Hall–Kier alpha value is -1.06. The molecule has 0 aliphatic carbocycles. The van der Waals surface area contributed by atoms with Gasteiger partial charge in [-0.3, -0.25) is 9.59 Å². The molecule has 100 valence electrons. The Morgan fingerprint density at radius 1 is 1.29 bits per heavy atom. The van der Waals surface area contributed by atoms with Crippen LogP contribution in [0.15, 0.2) is 0 Å². The zero-order valence-electron chi connectivity index (χ0n) is 11.5. The van der Waals surface area contributed by atoms with Crippen molar-refractivity contribution in [2.45, 2.75) is 47.5 Å². The Balaban J connectivity index is 4.38. The molecule has 4 nitrogen and oxygen atoms in total. The van der Waals surface area contributed by atoms with Gasteiger partial charge in [0.2, 0.25) is 5.91 Å². The van der Waals surface area contributed by atoms with Gasteiger partial charge in [-0.2, -0.15) is 0 Å². The van der Waals surface area contributed by atoms with E-state index in [-0.39, 0.29) is 17.2 Å². The number of hydrogen-bond acceptors (Lipinski definition) is 2. The van der Waals surface area contributed by atoms with Gasteiger partial charge in [0.1, 0.15) is 5.92 Å². The van der Waals surface area contributed by atoms with Crippen molar-refractivity contribution >= 4 is 11.9 Å². The Bertz CT molecular complexity index is 272. The van der Waals surface area contributed by atoms with Crippen LogP contribution in [0.4, 0.5) is 0 Å². The van der Waals surface area contributed by atoms with Crippen molar-refractivity contribution in [2.24, 2.45) is 17.3 Å². The summed E-state index contributed by atoms with van der Waals surface area (Å²) in [6.07, 6.45) is 2.06. The fourth-order valence-electron chi connectivity index (χ4n) is 1.90.